The van der Waals surface area contributed by atoms with Crippen molar-refractivity contribution in [3.8, 4) is 44.8 Å². The molecular formula is C48H32N2. The summed E-state index contributed by atoms with van der Waals surface area (Å²) >= 11 is 0. The molecule has 0 fully saturated rings. The molecule has 2 aromatic heterocycles. The van der Waals surface area contributed by atoms with Gasteiger partial charge in [0, 0.05) is 38.5 Å². The lowest BCUT2D eigenvalue weighted by Crippen LogP contribution is -1.95. The molecule has 0 radical (unpaired) electrons. The first-order valence-electron chi connectivity index (χ1n) is 20.1. The number of para-hydroxylation sites is 3. The molecule has 50 heavy (non-hydrogen) atoms. The van der Waals surface area contributed by atoms with Crippen LogP contribution >= 0.6 is 0 Å². The fourth-order valence-corrected chi connectivity index (χ4v) is 7.29. The van der Waals surface area contributed by atoms with Gasteiger partial charge < -0.3 is 9.13 Å². The molecule has 2 heterocycles. The third-order valence-electron chi connectivity index (χ3n) is 9.54. The van der Waals surface area contributed by atoms with E-state index in [1.165, 1.54) is 0 Å². The first kappa shape index (κ1) is 22.1. The lowest BCUT2D eigenvalue weighted by atomic mass is 9.99. The molecule has 0 bridgehead atoms. The van der Waals surface area contributed by atoms with Gasteiger partial charge in [0.2, 0.25) is 0 Å². The lowest BCUT2D eigenvalue weighted by Gasteiger charge is -2.12. The van der Waals surface area contributed by atoms with Crippen molar-refractivity contribution in [3.05, 3.63) is 194 Å². The van der Waals surface area contributed by atoms with Crippen LogP contribution in [0.1, 0.15) is 9.60 Å². The molecule has 0 aliphatic rings. The van der Waals surface area contributed by atoms with Crippen molar-refractivity contribution < 1.29 is 9.60 Å². The van der Waals surface area contributed by atoms with Crippen LogP contribution in [0.2, 0.25) is 0 Å². The Balaban J connectivity index is 1.29. The van der Waals surface area contributed by atoms with Gasteiger partial charge in [-0.15, -0.1) is 0 Å². The summed E-state index contributed by atoms with van der Waals surface area (Å²) in [5.74, 6) is 0. The van der Waals surface area contributed by atoms with Gasteiger partial charge in [-0.05, 0) is 82.3 Å². The van der Waals surface area contributed by atoms with Crippen LogP contribution in [0.15, 0.2) is 194 Å². The van der Waals surface area contributed by atoms with Crippen molar-refractivity contribution in [2.24, 2.45) is 0 Å². The maximum Gasteiger partial charge on any atom is 0.0645 e. The highest BCUT2D eigenvalue weighted by Crippen LogP contribution is 2.41. The summed E-state index contributed by atoms with van der Waals surface area (Å²) in [6, 6.07) is 48.1. The zero-order valence-corrected chi connectivity index (χ0v) is 26.8. The van der Waals surface area contributed by atoms with E-state index in [4.69, 9.17) is 5.48 Å². The van der Waals surface area contributed by atoms with Crippen LogP contribution in [-0.4, -0.2) is 9.13 Å². The molecule has 0 unspecified atom stereocenters. The molecule has 2 heteroatoms. The summed E-state index contributed by atoms with van der Waals surface area (Å²) in [6.45, 7) is 0. The second-order valence-electron chi connectivity index (χ2n) is 12.4. The zero-order valence-electron chi connectivity index (χ0n) is 33.8. The Morgan fingerprint density at radius 1 is 0.360 bits per heavy atom. The standard InChI is InChI=1S/C48H32N2/c1-4-14-33(15-5-1)35-18-12-21-39(30-35)49-45-25-11-10-22-41(45)43-31-36(26-28-46(43)49)37-27-29-47-44(32-37)42-24-13-23-40(34-16-6-2-7-17-34)48(42)50(47)38-19-8-3-9-20-38/h1-32H/i10D,11D,22D,25D,26D,28D,31D. The van der Waals surface area contributed by atoms with E-state index < -0.39 is 12.1 Å². The topological polar surface area (TPSA) is 9.86 Å². The number of hydrogen-bond donors (Lipinski definition) is 0. The van der Waals surface area contributed by atoms with E-state index in [2.05, 4.69) is 41.0 Å². The fourth-order valence-electron chi connectivity index (χ4n) is 7.29. The molecule has 10 aromatic rings. The normalized spacial score (nSPS) is 13.6. The number of benzene rings is 8. The van der Waals surface area contributed by atoms with Crippen LogP contribution < -0.4 is 0 Å². The monoisotopic (exact) mass is 643 g/mol. The summed E-state index contributed by atoms with van der Waals surface area (Å²) in [5, 5.41) is 2.26. The molecule has 0 N–H and O–H groups in total. The first-order valence-corrected chi connectivity index (χ1v) is 16.6. The predicted molar refractivity (Wildman–Crippen MR) is 211 cm³/mol. The number of nitrogens with zero attached hydrogens (tertiary/aromatic N) is 2. The van der Waals surface area contributed by atoms with Crippen LogP contribution in [0.3, 0.4) is 0 Å². The number of hydrogen-bond acceptors (Lipinski definition) is 0. The summed E-state index contributed by atoms with van der Waals surface area (Å²) in [7, 11) is 0. The van der Waals surface area contributed by atoms with Crippen molar-refractivity contribution in [1.29, 1.82) is 0 Å². The maximum absolute atomic E-state index is 9.82. The minimum Gasteiger partial charge on any atom is -0.309 e. The molecular weight excluding hydrogens is 605 g/mol. The molecule has 234 valence electrons. The SMILES string of the molecule is [2H]c1c([2H])c([2H])c2c(c1[2H])c1c([2H])c(-c3ccc4c(c3)c3cccc(-c5ccccc5)c3n4-c3ccccc3)c([2H])c([2H])c1n2-c1cccc(-c2ccccc2)c1. The highest BCUT2D eigenvalue weighted by atomic mass is 15.0. The average molecular weight is 644 g/mol. The molecule has 10 rings (SSSR count). The Hall–Kier alpha value is -6.64. The van der Waals surface area contributed by atoms with Gasteiger partial charge in [0.05, 0.1) is 31.7 Å². The minimum atomic E-state index is -0.420. The molecule has 0 spiro atoms. The van der Waals surface area contributed by atoms with Crippen LogP contribution in [0.5, 0.6) is 0 Å². The van der Waals surface area contributed by atoms with Gasteiger partial charge in [0.1, 0.15) is 0 Å². The third kappa shape index (κ3) is 4.50. The summed E-state index contributed by atoms with van der Waals surface area (Å²) < 4.78 is 68.3. The number of fused-ring (bicyclic) bond motifs is 6. The Morgan fingerprint density at radius 2 is 1.02 bits per heavy atom. The summed E-state index contributed by atoms with van der Waals surface area (Å²) in [4.78, 5) is 0. The van der Waals surface area contributed by atoms with E-state index in [0.29, 0.717) is 11.3 Å². The minimum absolute atomic E-state index is 0.0740. The fraction of sp³-hybridized carbons (Fsp3) is 0. The Labute approximate surface area is 300 Å². The summed E-state index contributed by atoms with van der Waals surface area (Å²) in [5.41, 5.74) is 8.62. The highest BCUT2D eigenvalue weighted by molar-refractivity contribution is 6.15. The van der Waals surface area contributed by atoms with Gasteiger partial charge in [0.15, 0.2) is 0 Å². The molecule has 0 atom stereocenters. The van der Waals surface area contributed by atoms with Gasteiger partial charge >= 0.3 is 0 Å². The quantitative estimate of drug-likeness (QED) is 0.177. The molecule has 0 aliphatic carbocycles. The molecule has 0 amide bonds. The third-order valence-corrected chi connectivity index (χ3v) is 9.54. The Bertz CT molecular complexity index is 3240. The van der Waals surface area contributed by atoms with Gasteiger partial charge in [-0.3, -0.25) is 0 Å². The van der Waals surface area contributed by atoms with E-state index in [1.807, 2.05) is 115 Å². The second kappa shape index (κ2) is 11.5. The smallest absolute Gasteiger partial charge is 0.0645 e. The van der Waals surface area contributed by atoms with Crippen molar-refractivity contribution in [2.45, 2.75) is 0 Å². The van der Waals surface area contributed by atoms with Crippen molar-refractivity contribution in [2.75, 3.05) is 0 Å². The van der Waals surface area contributed by atoms with Gasteiger partial charge in [-0.25, -0.2) is 0 Å². The maximum atomic E-state index is 9.82. The van der Waals surface area contributed by atoms with E-state index in [0.717, 1.165) is 49.7 Å². The number of rotatable bonds is 5. The summed E-state index contributed by atoms with van der Waals surface area (Å²) in [6.07, 6.45) is 0. The highest BCUT2D eigenvalue weighted by Gasteiger charge is 2.18. The molecule has 0 aliphatic heterocycles. The van der Waals surface area contributed by atoms with Gasteiger partial charge in [0.25, 0.3) is 0 Å². The van der Waals surface area contributed by atoms with Crippen LogP contribution in [0, 0.1) is 0 Å². The van der Waals surface area contributed by atoms with E-state index in [9.17, 15) is 4.11 Å². The van der Waals surface area contributed by atoms with Gasteiger partial charge in [-0.2, -0.15) is 0 Å². The Kier molecular flexibility index (Phi) is 5.08. The molecule has 8 aromatic carbocycles. The zero-order chi connectivity index (χ0) is 39.1. The van der Waals surface area contributed by atoms with Crippen LogP contribution in [-0.2, 0) is 0 Å². The van der Waals surface area contributed by atoms with Crippen molar-refractivity contribution >= 4 is 43.6 Å². The second-order valence-corrected chi connectivity index (χ2v) is 12.4. The van der Waals surface area contributed by atoms with Crippen LogP contribution in [0.25, 0.3) is 88.4 Å². The molecule has 0 saturated heterocycles. The lowest BCUT2D eigenvalue weighted by molar-refractivity contribution is 1.18. The Morgan fingerprint density at radius 3 is 1.84 bits per heavy atom. The van der Waals surface area contributed by atoms with Gasteiger partial charge in [-0.1, -0.05) is 139 Å². The average Bonchev–Trinajstić information content (AvgIpc) is 3.80. The number of aromatic nitrogens is 2. The largest absolute Gasteiger partial charge is 0.309 e. The molecule has 2 nitrogen and oxygen atoms in total. The predicted octanol–water partition coefficient (Wildman–Crippen LogP) is 12.9. The van der Waals surface area contributed by atoms with E-state index >= 15 is 0 Å². The van der Waals surface area contributed by atoms with E-state index in [1.54, 1.807) is 4.57 Å². The van der Waals surface area contributed by atoms with Crippen molar-refractivity contribution in [1.82, 2.24) is 9.13 Å². The molecule has 0 saturated carbocycles. The first-order chi connectivity index (χ1) is 27.7. The van der Waals surface area contributed by atoms with E-state index in [-0.39, 0.29) is 57.6 Å². The van der Waals surface area contributed by atoms with Crippen LogP contribution in [0.4, 0.5) is 0 Å². The van der Waals surface area contributed by atoms with Crippen molar-refractivity contribution in [3.63, 3.8) is 0 Å².